The lowest BCUT2D eigenvalue weighted by Crippen LogP contribution is -2.13. The third-order valence-corrected chi connectivity index (χ3v) is 2.88. The van der Waals surface area contributed by atoms with Crippen molar-refractivity contribution in [3.63, 3.8) is 0 Å². The van der Waals surface area contributed by atoms with Crippen molar-refractivity contribution in [3.8, 4) is 17.6 Å². The van der Waals surface area contributed by atoms with Gasteiger partial charge in [0.1, 0.15) is 24.7 Å². The molecule has 2 N–H and O–H groups in total. The molecular formula is C17H16N2O3. The molecule has 0 aliphatic carbocycles. The molecule has 0 radical (unpaired) electrons. The Hall–Kier alpha value is -3.00. The van der Waals surface area contributed by atoms with Gasteiger partial charge in [-0.2, -0.15) is 5.26 Å². The van der Waals surface area contributed by atoms with E-state index in [0.717, 1.165) is 5.56 Å². The molecule has 0 bridgehead atoms. The van der Waals surface area contributed by atoms with Crippen LogP contribution in [0.5, 0.6) is 11.5 Å². The molecule has 0 aliphatic rings. The molecule has 0 spiro atoms. The molecule has 0 aliphatic heterocycles. The van der Waals surface area contributed by atoms with E-state index in [1.54, 1.807) is 30.3 Å². The number of hydrogen-bond acceptors (Lipinski definition) is 4. The van der Waals surface area contributed by atoms with E-state index in [1.807, 2.05) is 24.3 Å². The summed E-state index contributed by atoms with van der Waals surface area (Å²) in [6.07, 6.45) is 0.193. The molecule has 5 heteroatoms. The quantitative estimate of drug-likeness (QED) is 0.792. The van der Waals surface area contributed by atoms with E-state index >= 15 is 0 Å². The third-order valence-electron chi connectivity index (χ3n) is 2.88. The van der Waals surface area contributed by atoms with Crippen molar-refractivity contribution in [2.45, 2.75) is 6.42 Å². The standard InChI is InChI=1S/C17H16N2O3/c18-12-13-4-6-15(7-5-13)21-8-9-22-16-3-1-2-14(10-16)11-17(19)20/h1-7,10H,8-9,11H2,(H2,19,20). The summed E-state index contributed by atoms with van der Waals surface area (Å²) >= 11 is 0. The molecule has 2 aromatic rings. The zero-order chi connectivity index (χ0) is 15.8. The van der Waals surface area contributed by atoms with Gasteiger partial charge >= 0.3 is 0 Å². The predicted molar refractivity (Wildman–Crippen MR) is 81.5 cm³/mol. The first-order chi connectivity index (χ1) is 10.7. The van der Waals surface area contributed by atoms with Crippen LogP contribution in [0.25, 0.3) is 0 Å². The van der Waals surface area contributed by atoms with Crippen molar-refractivity contribution >= 4 is 5.91 Å². The Bertz CT molecular complexity index is 675. The molecule has 0 saturated heterocycles. The van der Waals surface area contributed by atoms with E-state index in [9.17, 15) is 4.79 Å². The SMILES string of the molecule is N#Cc1ccc(OCCOc2cccc(CC(N)=O)c2)cc1. The number of amides is 1. The van der Waals surface area contributed by atoms with Gasteiger partial charge in [-0.1, -0.05) is 12.1 Å². The van der Waals surface area contributed by atoms with Crippen molar-refractivity contribution < 1.29 is 14.3 Å². The number of ether oxygens (including phenoxy) is 2. The fourth-order valence-electron chi connectivity index (χ4n) is 1.89. The summed E-state index contributed by atoms with van der Waals surface area (Å²) in [4.78, 5) is 10.9. The molecular weight excluding hydrogens is 280 g/mol. The summed E-state index contributed by atoms with van der Waals surface area (Å²) in [6, 6.07) is 16.2. The van der Waals surface area contributed by atoms with Crippen LogP contribution in [0.1, 0.15) is 11.1 Å². The van der Waals surface area contributed by atoms with Gasteiger partial charge in [-0.15, -0.1) is 0 Å². The average molecular weight is 296 g/mol. The maximum absolute atomic E-state index is 10.9. The summed E-state index contributed by atoms with van der Waals surface area (Å²) < 4.78 is 11.1. The van der Waals surface area contributed by atoms with E-state index in [1.165, 1.54) is 0 Å². The number of primary amides is 1. The Labute approximate surface area is 128 Å². The van der Waals surface area contributed by atoms with Gasteiger partial charge < -0.3 is 15.2 Å². The Morgan fingerprint density at radius 2 is 1.73 bits per heavy atom. The summed E-state index contributed by atoms with van der Waals surface area (Å²) in [5.74, 6) is 0.980. The van der Waals surface area contributed by atoms with Crippen molar-refractivity contribution in [3.05, 3.63) is 59.7 Å². The highest BCUT2D eigenvalue weighted by Gasteiger charge is 2.01. The molecule has 0 heterocycles. The number of nitriles is 1. The van der Waals surface area contributed by atoms with Gasteiger partial charge in [-0.25, -0.2) is 0 Å². The predicted octanol–water partition coefficient (Wildman–Crippen LogP) is 2.04. The monoisotopic (exact) mass is 296 g/mol. The van der Waals surface area contributed by atoms with Crippen LogP contribution in [0.15, 0.2) is 48.5 Å². The highest BCUT2D eigenvalue weighted by Crippen LogP contribution is 2.14. The first-order valence-electron chi connectivity index (χ1n) is 6.80. The second kappa shape index (κ2) is 7.70. The number of hydrogen-bond donors (Lipinski definition) is 1. The van der Waals surface area contributed by atoms with Gasteiger partial charge in [-0.05, 0) is 42.0 Å². The Morgan fingerprint density at radius 1 is 1.05 bits per heavy atom. The van der Waals surface area contributed by atoms with Crippen molar-refractivity contribution in [2.75, 3.05) is 13.2 Å². The Morgan fingerprint density at radius 3 is 2.36 bits per heavy atom. The molecule has 22 heavy (non-hydrogen) atoms. The van der Waals surface area contributed by atoms with E-state index in [-0.39, 0.29) is 12.3 Å². The topological polar surface area (TPSA) is 85.3 Å². The summed E-state index contributed by atoms with van der Waals surface area (Å²) in [5.41, 5.74) is 6.57. The van der Waals surface area contributed by atoms with Crippen molar-refractivity contribution in [2.24, 2.45) is 5.73 Å². The lowest BCUT2D eigenvalue weighted by Gasteiger charge is -2.09. The summed E-state index contributed by atoms with van der Waals surface area (Å²) in [5, 5.41) is 8.71. The molecule has 5 nitrogen and oxygen atoms in total. The highest BCUT2D eigenvalue weighted by atomic mass is 16.5. The number of carbonyl (C=O) groups excluding carboxylic acids is 1. The lowest BCUT2D eigenvalue weighted by molar-refractivity contribution is -0.117. The Kier molecular flexibility index (Phi) is 5.38. The molecule has 0 unspecified atom stereocenters. The molecule has 112 valence electrons. The third kappa shape index (κ3) is 4.84. The zero-order valence-electron chi connectivity index (χ0n) is 12.0. The van der Waals surface area contributed by atoms with Gasteiger partial charge in [0.25, 0.3) is 0 Å². The minimum atomic E-state index is -0.374. The van der Waals surface area contributed by atoms with Crippen LogP contribution in [0, 0.1) is 11.3 Å². The zero-order valence-corrected chi connectivity index (χ0v) is 12.0. The molecule has 0 atom stereocenters. The van der Waals surface area contributed by atoms with Gasteiger partial charge in [-0.3, -0.25) is 4.79 Å². The summed E-state index contributed by atoms with van der Waals surface area (Å²) in [6.45, 7) is 0.756. The van der Waals surface area contributed by atoms with Crippen molar-refractivity contribution in [1.29, 1.82) is 5.26 Å². The van der Waals surface area contributed by atoms with Crippen LogP contribution < -0.4 is 15.2 Å². The smallest absolute Gasteiger partial charge is 0.221 e. The average Bonchev–Trinajstić information content (AvgIpc) is 2.52. The van der Waals surface area contributed by atoms with E-state index in [4.69, 9.17) is 20.5 Å². The largest absolute Gasteiger partial charge is 0.490 e. The van der Waals surface area contributed by atoms with Crippen molar-refractivity contribution in [1.82, 2.24) is 0 Å². The van der Waals surface area contributed by atoms with E-state index in [0.29, 0.717) is 30.3 Å². The lowest BCUT2D eigenvalue weighted by atomic mass is 10.1. The van der Waals surface area contributed by atoms with Crippen LogP contribution in [-0.2, 0) is 11.2 Å². The fraction of sp³-hybridized carbons (Fsp3) is 0.176. The first kappa shape index (κ1) is 15.4. The fourth-order valence-corrected chi connectivity index (χ4v) is 1.89. The Balaban J connectivity index is 1.78. The number of rotatable bonds is 7. The van der Waals surface area contributed by atoms with E-state index in [2.05, 4.69) is 0 Å². The van der Waals surface area contributed by atoms with Crippen LogP contribution >= 0.6 is 0 Å². The second-order valence-corrected chi connectivity index (χ2v) is 4.62. The maximum atomic E-state index is 10.9. The van der Waals surface area contributed by atoms with Gasteiger partial charge in [0, 0.05) is 0 Å². The number of nitrogens with zero attached hydrogens (tertiary/aromatic N) is 1. The molecule has 0 saturated carbocycles. The van der Waals surface area contributed by atoms with E-state index < -0.39 is 0 Å². The van der Waals surface area contributed by atoms with Crippen LogP contribution in [0.2, 0.25) is 0 Å². The summed E-state index contributed by atoms with van der Waals surface area (Å²) in [7, 11) is 0. The second-order valence-electron chi connectivity index (χ2n) is 4.62. The van der Waals surface area contributed by atoms with Crippen LogP contribution in [0.3, 0.4) is 0 Å². The molecule has 1 amide bonds. The number of nitrogens with two attached hydrogens (primary N) is 1. The van der Waals surface area contributed by atoms with Gasteiger partial charge in [0.05, 0.1) is 18.1 Å². The van der Waals surface area contributed by atoms with Crippen LogP contribution in [-0.4, -0.2) is 19.1 Å². The van der Waals surface area contributed by atoms with Crippen LogP contribution in [0.4, 0.5) is 0 Å². The van der Waals surface area contributed by atoms with Gasteiger partial charge in [0.2, 0.25) is 5.91 Å². The molecule has 0 aromatic heterocycles. The first-order valence-corrected chi connectivity index (χ1v) is 6.80. The molecule has 2 aromatic carbocycles. The van der Waals surface area contributed by atoms with Gasteiger partial charge in [0.15, 0.2) is 0 Å². The normalized spacial score (nSPS) is 9.77. The number of benzene rings is 2. The molecule has 0 fully saturated rings. The highest BCUT2D eigenvalue weighted by molar-refractivity contribution is 5.76. The minimum Gasteiger partial charge on any atom is -0.490 e. The maximum Gasteiger partial charge on any atom is 0.221 e. The minimum absolute atomic E-state index is 0.193. The number of carbonyl (C=O) groups is 1. The molecule has 2 rings (SSSR count).